The zero-order valence-corrected chi connectivity index (χ0v) is 9.93. The second-order valence-corrected chi connectivity index (χ2v) is 4.32. The fraction of sp³-hybridized carbons (Fsp3) is 0.429. The molecule has 0 bridgehead atoms. The molecule has 1 aliphatic rings. The third-order valence-electron chi connectivity index (χ3n) is 3.02. The van der Waals surface area contributed by atoms with E-state index in [1.807, 2.05) is 18.2 Å². The zero-order valence-electron chi connectivity index (χ0n) is 9.93. The lowest BCUT2D eigenvalue weighted by Crippen LogP contribution is -2.41. The SMILES string of the molecule is C=CCNC[C@H](O)[C@H]1CCc2ccccc2O1. The van der Waals surface area contributed by atoms with E-state index >= 15 is 0 Å². The number of aliphatic hydroxyl groups excluding tert-OH is 1. The molecule has 0 aromatic heterocycles. The van der Waals surface area contributed by atoms with Crippen molar-refractivity contribution in [2.45, 2.75) is 25.0 Å². The molecular weight excluding hydrogens is 214 g/mol. The van der Waals surface area contributed by atoms with Gasteiger partial charge in [-0.2, -0.15) is 0 Å². The fourth-order valence-corrected chi connectivity index (χ4v) is 2.08. The first-order chi connectivity index (χ1) is 8.31. The van der Waals surface area contributed by atoms with E-state index in [-0.39, 0.29) is 6.10 Å². The molecule has 1 aliphatic heterocycles. The third kappa shape index (κ3) is 3.08. The molecule has 0 aliphatic carbocycles. The van der Waals surface area contributed by atoms with Gasteiger partial charge in [0.15, 0.2) is 0 Å². The van der Waals surface area contributed by atoms with E-state index in [2.05, 4.69) is 18.0 Å². The number of benzene rings is 1. The van der Waals surface area contributed by atoms with Gasteiger partial charge in [0.1, 0.15) is 18.0 Å². The highest BCUT2D eigenvalue weighted by atomic mass is 16.5. The second kappa shape index (κ2) is 5.84. The Bertz CT molecular complexity index is 378. The van der Waals surface area contributed by atoms with Crippen LogP contribution in [0.4, 0.5) is 0 Å². The molecule has 0 saturated carbocycles. The summed E-state index contributed by atoms with van der Waals surface area (Å²) in [5, 5.41) is 13.1. The van der Waals surface area contributed by atoms with Gasteiger partial charge in [-0.3, -0.25) is 0 Å². The first-order valence-electron chi connectivity index (χ1n) is 6.05. The van der Waals surface area contributed by atoms with Gasteiger partial charge in [-0.05, 0) is 24.5 Å². The third-order valence-corrected chi connectivity index (χ3v) is 3.02. The molecule has 2 rings (SSSR count). The summed E-state index contributed by atoms with van der Waals surface area (Å²) in [5.74, 6) is 0.909. The van der Waals surface area contributed by atoms with Crippen LogP contribution in [0.3, 0.4) is 0 Å². The first-order valence-corrected chi connectivity index (χ1v) is 6.05. The highest BCUT2D eigenvalue weighted by Gasteiger charge is 2.25. The van der Waals surface area contributed by atoms with Crippen molar-refractivity contribution in [3.05, 3.63) is 42.5 Å². The topological polar surface area (TPSA) is 41.5 Å². The van der Waals surface area contributed by atoms with Crippen LogP contribution in [0.25, 0.3) is 0 Å². The maximum absolute atomic E-state index is 10.0. The van der Waals surface area contributed by atoms with Crippen LogP contribution in [0.1, 0.15) is 12.0 Å². The van der Waals surface area contributed by atoms with Crippen LogP contribution >= 0.6 is 0 Å². The Morgan fingerprint density at radius 3 is 3.18 bits per heavy atom. The number of hydrogen-bond acceptors (Lipinski definition) is 3. The van der Waals surface area contributed by atoms with Gasteiger partial charge in [0, 0.05) is 13.1 Å². The lowest BCUT2D eigenvalue weighted by Gasteiger charge is -2.29. The molecule has 1 aromatic carbocycles. The van der Waals surface area contributed by atoms with Crippen LogP contribution in [-0.2, 0) is 6.42 Å². The molecule has 3 heteroatoms. The maximum atomic E-state index is 10.0. The molecule has 0 radical (unpaired) electrons. The van der Waals surface area contributed by atoms with Gasteiger partial charge in [-0.1, -0.05) is 24.3 Å². The minimum absolute atomic E-state index is 0.109. The van der Waals surface area contributed by atoms with Crippen molar-refractivity contribution < 1.29 is 9.84 Å². The summed E-state index contributed by atoms with van der Waals surface area (Å²) >= 11 is 0. The summed E-state index contributed by atoms with van der Waals surface area (Å²) in [7, 11) is 0. The minimum atomic E-state index is -0.469. The number of nitrogens with one attached hydrogen (secondary N) is 1. The summed E-state index contributed by atoms with van der Waals surface area (Å²) in [5.41, 5.74) is 1.23. The summed E-state index contributed by atoms with van der Waals surface area (Å²) in [6.45, 7) is 4.87. The molecule has 17 heavy (non-hydrogen) atoms. The van der Waals surface area contributed by atoms with Crippen LogP contribution in [0.15, 0.2) is 36.9 Å². The molecule has 1 aromatic rings. The Hall–Kier alpha value is -1.32. The Labute approximate surface area is 102 Å². The first kappa shape index (κ1) is 12.1. The highest BCUT2D eigenvalue weighted by Crippen LogP contribution is 2.28. The lowest BCUT2D eigenvalue weighted by atomic mass is 9.99. The van der Waals surface area contributed by atoms with Gasteiger partial charge < -0.3 is 15.2 Å². The number of aryl methyl sites for hydroxylation is 1. The Morgan fingerprint density at radius 2 is 2.35 bits per heavy atom. The summed E-state index contributed by atoms with van der Waals surface area (Å²) < 4.78 is 5.81. The van der Waals surface area contributed by atoms with Crippen LogP contribution in [0.2, 0.25) is 0 Å². The van der Waals surface area contributed by atoms with E-state index in [9.17, 15) is 5.11 Å². The van der Waals surface area contributed by atoms with Crippen molar-refractivity contribution in [3.63, 3.8) is 0 Å². The molecule has 0 saturated heterocycles. The minimum Gasteiger partial charge on any atom is -0.487 e. The Kier molecular flexibility index (Phi) is 4.18. The van der Waals surface area contributed by atoms with Crippen LogP contribution in [0.5, 0.6) is 5.75 Å². The van der Waals surface area contributed by atoms with Gasteiger partial charge in [0.2, 0.25) is 0 Å². The van der Waals surface area contributed by atoms with Crippen LogP contribution in [-0.4, -0.2) is 30.4 Å². The predicted molar refractivity (Wildman–Crippen MR) is 68.3 cm³/mol. The van der Waals surface area contributed by atoms with E-state index in [1.165, 1.54) is 5.56 Å². The average molecular weight is 233 g/mol. The van der Waals surface area contributed by atoms with E-state index in [0.29, 0.717) is 13.1 Å². The van der Waals surface area contributed by atoms with Crippen LogP contribution in [0, 0.1) is 0 Å². The summed E-state index contributed by atoms with van der Waals surface area (Å²) in [6.07, 6.45) is 3.04. The van der Waals surface area contributed by atoms with Crippen molar-refractivity contribution in [2.75, 3.05) is 13.1 Å². The predicted octanol–water partition coefficient (Wildman–Crippen LogP) is 1.52. The number of rotatable bonds is 5. The molecule has 92 valence electrons. The Morgan fingerprint density at radius 1 is 1.53 bits per heavy atom. The quantitative estimate of drug-likeness (QED) is 0.598. The number of para-hydroxylation sites is 1. The smallest absolute Gasteiger partial charge is 0.126 e. The molecular formula is C14H19NO2. The molecule has 0 unspecified atom stereocenters. The van der Waals surface area contributed by atoms with Gasteiger partial charge in [0.05, 0.1) is 0 Å². The van der Waals surface area contributed by atoms with Crippen molar-refractivity contribution in [2.24, 2.45) is 0 Å². The van der Waals surface area contributed by atoms with Gasteiger partial charge >= 0.3 is 0 Å². The molecule has 2 atom stereocenters. The number of aliphatic hydroxyl groups is 1. The monoisotopic (exact) mass is 233 g/mol. The number of fused-ring (bicyclic) bond motifs is 1. The largest absolute Gasteiger partial charge is 0.487 e. The van der Waals surface area contributed by atoms with Crippen LogP contribution < -0.4 is 10.1 Å². The second-order valence-electron chi connectivity index (χ2n) is 4.32. The lowest BCUT2D eigenvalue weighted by molar-refractivity contribution is 0.0251. The average Bonchev–Trinajstić information content (AvgIpc) is 2.38. The molecule has 0 spiro atoms. The molecule has 3 nitrogen and oxygen atoms in total. The van der Waals surface area contributed by atoms with Gasteiger partial charge in [-0.15, -0.1) is 6.58 Å². The maximum Gasteiger partial charge on any atom is 0.126 e. The Balaban J connectivity index is 1.90. The van der Waals surface area contributed by atoms with E-state index in [0.717, 1.165) is 18.6 Å². The number of hydrogen-bond donors (Lipinski definition) is 2. The number of ether oxygens (including phenoxy) is 1. The summed E-state index contributed by atoms with van der Waals surface area (Å²) in [6, 6.07) is 8.02. The molecule has 2 N–H and O–H groups in total. The van der Waals surface area contributed by atoms with Crippen molar-refractivity contribution >= 4 is 0 Å². The van der Waals surface area contributed by atoms with Crippen molar-refractivity contribution in [3.8, 4) is 5.75 Å². The molecule has 1 heterocycles. The summed E-state index contributed by atoms with van der Waals surface area (Å²) in [4.78, 5) is 0. The highest BCUT2D eigenvalue weighted by molar-refractivity contribution is 5.35. The standard InChI is InChI=1S/C14H19NO2/c1-2-9-15-10-12(16)14-8-7-11-5-3-4-6-13(11)17-14/h2-6,12,14-16H,1,7-10H2/t12-,14+/m0/s1. The van der Waals surface area contributed by atoms with E-state index in [4.69, 9.17) is 4.74 Å². The molecule has 0 fully saturated rings. The van der Waals surface area contributed by atoms with Crippen molar-refractivity contribution in [1.82, 2.24) is 5.32 Å². The van der Waals surface area contributed by atoms with Crippen molar-refractivity contribution in [1.29, 1.82) is 0 Å². The zero-order chi connectivity index (χ0) is 12.1. The molecule has 0 amide bonds. The normalized spacial score (nSPS) is 20.2. The van der Waals surface area contributed by atoms with Gasteiger partial charge in [-0.25, -0.2) is 0 Å². The van der Waals surface area contributed by atoms with E-state index < -0.39 is 6.10 Å². The van der Waals surface area contributed by atoms with E-state index in [1.54, 1.807) is 6.08 Å². The fourth-order valence-electron chi connectivity index (χ4n) is 2.08. The van der Waals surface area contributed by atoms with Gasteiger partial charge in [0.25, 0.3) is 0 Å².